The van der Waals surface area contributed by atoms with Crippen molar-refractivity contribution in [2.24, 2.45) is 0 Å². The van der Waals surface area contributed by atoms with E-state index in [4.69, 9.17) is 9.47 Å². The third-order valence-electron chi connectivity index (χ3n) is 3.42. The molecule has 0 aliphatic heterocycles. The minimum absolute atomic E-state index is 0.451. The van der Waals surface area contributed by atoms with E-state index in [0.717, 1.165) is 42.7 Å². The van der Waals surface area contributed by atoms with E-state index >= 15 is 0 Å². The quantitative estimate of drug-likeness (QED) is 0.617. The van der Waals surface area contributed by atoms with Crippen molar-refractivity contribution in [1.29, 1.82) is 0 Å². The lowest BCUT2D eigenvalue weighted by molar-refractivity contribution is 0.108. The molecule has 0 amide bonds. The lowest BCUT2D eigenvalue weighted by Gasteiger charge is -2.23. The maximum Gasteiger partial charge on any atom is 0.0813 e. The molecule has 5 heteroatoms. The molecule has 1 rings (SSSR count). The van der Waals surface area contributed by atoms with Crippen molar-refractivity contribution >= 4 is 15.9 Å². The Morgan fingerprint density at radius 3 is 2.48 bits per heavy atom. The van der Waals surface area contributed by atoms with E-state index in [2.05, 4.69) is 20.8 Å². The van der Waals surface area contributed by atoms with Crippen molar-refractivity contribution in [3.05, 3.63) is 34.3 Å². The average molecular weight is 360 g/mol. The molecule has 4 nitrogen and oxygen atoms in total. The molecule has 0 bridgehead atoms. The number of nitrogens with zero attached hydrogens (tertiary/aromatic N) is 1. The Balaban J connectivity index is 2.45. The van der Waals surface area contributed by atoms with Crippen LogP contribution in [-0.2, 0) is 9.47 Å². The Kier molecular flexibility index (Phi) is 9.87. The molecule has 0 spiro atoms. The van der Waals surface area contributed by atoms with Gasteiger partial charge in [-0.25, -0.2) is 0 Å². The number of rotatable bonds is 11. The molecule has 1 aromatic rings. The first-order valence-electron chi connectivity index (χ1n) is 7.31. The highest BCUT2D eigenvalue weighted by atomic mass is 79.9. The summed E-state index contributed by atoms with van der Waals surface area (Å²) in [6.45, 7) is 4.15. The van der Waals surface area contributed by atoms with Gasteiger partial charge in [0, 0.05) is 44.9 Å². The van der Waals surface area contributed by atoms with Crippen molar-refractivity contribution in [3.8, 4) is 0 Å². The standard InChI is InChI=1S/C16H26BrNO3/c1-20-12-5-9-18(11-13-21-2)10-8-16(19)14-6-3-4-7-15(14)17/h3-4,6-7,16,19H,5,8-13H2,1-2H3. The van der Waals surface area contributed by atoms with Crippen molar-refractivity contribution < 1.29 is 14.6 Å². The summed E-state index contributed by atoms with van der Waals surface area (Å²) >= 11 is 3.49. The molecule has 0 aliphatic carbocycles. The minimum Gasteiger partial charge on any atom is -0.388 e. The van der Waals surface area contributed by atoms with Crippen molar-refractivity contribution in [3.63, 3.8) is 0 Å². The number of hydrogen-bond donors (Lipinski definition) is 1. The van der Waals surface area contributed by atoms with Crippen molar-refractivity contribution in [2.45, 2.75) is 18.9 Å². The lowest BCUT2D eigenvalue weighted by Crippen LogP contribution is -2.31. The average Bonchev–Trinajstić information content (AvgIpc) is 2.49. The topological polar surface area (TPSA) is 41.9 Å². The van der Waals surface area contributed by atoms with Crippen LogP contribution in [0, 0.1) is 0 Å². The zero-order valence-electron chi connectivity index (χ0n) is 12.9. The first-order chi connectivity index (χ1) is 10.2. The molecule has 0 saturated carbocycles. The third-order valence-corrected chi connectivity index (χ3v) is 4.14. The Morgan fingerprint density at radius 1 is 1.10 bits per heavy atom. The van der Waals surface area contributed by atoms with E-state index < -0.39 is 6.10 Å². The van der Waals surface area contributed by atoms with Gasteiger partial charge >= 0.3 is 0 Å². The molecule has 0 radical (unpaired) electrons. The van der Waals surface area contributed by atoms with Gasteiger partial charge in [-0.05, 0) is 24.5 Å². The lowest BCUT2D eigenvalue weighted by atomic mass is 10.1. The minimum atomic E-state index is -0.451. The van der Waals surface area contributed by atoms with Gasteiger partial charge in [-0.2, -0.15) is 0 Å². The second-order valence-electron chi connectivity index (χ2n) is 5.01. The van der Waals surface area contributed by atoms with E-state index in [-0.39, 0.29) is 0 Å². The summed E-state index contributed by atoms with van der Waals surface area (Å²) in [7, 11) is 3.43. The summed E-state index contributed by atoms with van der Waals surface area (Å²) in [5.74, 6) is 0. The Morgan fingerprint density at radius 2 is 1.81 bits per heavy atom. The smallest absolute Gasteiger partial charge is 0.0813 e. The highest BCUT2D eigenvalue weighted by molar-refractivity contribution is 9.10. The fourth-order valence-electron chi connectivity index (χ4n) is 2.19. The summed E-state index contributed by atoms with van der Waals surface area (Å²) in [4.78, 5) is 2.31. The number of methoxy groups -OCH3 is 2. The van der Waals surface area contributed by atoms with Crippen LogP contribution in [0.5, 0.6) is 0 Å². The molecular formula is C16H26BrNO3. The van der Waals surface area contributed by atoms with Crippen LogP contribution in [0.3, 0.4) is 0 Å². The molecule has 0 aromatic heterocycles. The normalized spacial score (nSPS) is 12.8. The van der Waals surface area contributed by atoms with Crippen LogP contribution in [0.1, 0.15) is 24.5 Å². The van der Waals surface area contributed by atoms with Gasteiger partial charge in [-0.15, -0.1) is 0 Å². The van der Waals surface area contributed by atoms with E-state index in [1.54, 1.807) is 14.2 Å². The van der Waals surface area contributed by atoms with Crippen LogP contribution in [0.4, 0.5) is 0 Å². The Labute approximate surface area is 136 Å². The Hall–Kier alpha value is -0.460. The van der Waals surface area contributed by atoms with E-state index in [0.29, 0.717) is 13.0 Å². The maximum atomic E-state index is 10.3. The van der Waals surface area contributed by atoms with Gasteiger partial charge in [0.15, 0.2) is 0 Å². The largest absolute Gasteiger partial charge is 0.388 e. The molecule has 1 aromatic carbocycles. The summed E-state index contributed by atoms with van der Waals surface area (Å²) < 4.78 is 11.2. The van der Waals surface area contributed by atoms with Gasteiger partial charge in [-0.1, -0.05) is 34.1 Å². The van der Waals surface area contributed by atoms with Crippen molar-refractivity contribution in [1.82, 2.24) is 4.90 Å². The maximum absolute atomic E-state index is 10.3. The summed E-state index contributed by atoms with van der Waals surface area (Å²) in [5, 5.41) is 10.3. The molecule has 120 valence electrons. The molecular weight excluding hydrogens is 334 g/mol. The van der Waals surface area contributed by atoms with Crippen LogP contribution in [0.15, 0.2) is 28.7 Å². The number of aliphatic hydroxyl groups is 1. The second-order valence-corrected chi connectivity index (χ2v) is 5.86. The van der Waals surface area contributed by atoms with Gasteiger partial charge in [0.25, 0.3) is 0 Å². The summed E-state index contributed by atoms with van der Waals surface area (Å²) in [5.41, 5.74) is 0.945. The van der Waals surface area contributed by atoms with Crippen LogP contribution >= 0.6 is 15.9 Å². The van der Waals surface area contributed by atoms with Crippen molar-refractivity contribution in [2.75, 3.05) is 47.1 Å². The Bertz CT molecular complexity index is 390. The molecule has 1 N–H and O–H groups in total. The summed E-state index contributed by atoms with van der Waals surface area (Å²) in [6, 6.07) is 7.82. The third kappa shape index (κ3) is 7.38. The van der Waals surface area contributed by atoms with E-state index in [1.165, 1.54) is 0 Å². The van der Waals surface area contributed by atoms with Gasteiger partial charge in [0.1, 0.15) is 0 Å². The van der Waals surface area contributed by atoms with Gasteiger partial charge in [0.2, 0.25) is 0 Å². The molecule has 1 unspecified atom stereocenters. The zero-order chi connectivity index (χ0) is 15.5. The predicted octanol–water partition coefficient (Wildman–Crippen LogP) is 2.86. The first kappa shape index (κ1) is 18.6. The van der Waals surface area contributed by atoms with Crippen LogP contribution < -0.4 is 0 Å². The first-order valence-corrected chi connectivity index (χ1v) is 8.11. The fourth-order valence-corrected chi connectivity index (χ4v) is 2.74. The highest BCUT2D eigenvalue weighted by Gasteiger charge is 2.13. The second kappa shape index (κ2) is 11.2. The van der Waals surface area contributed by atoms with Gasteiger partial charge in [0.05, 0.1) is 12.7 Å². The number of ether oxygens (including phenoxy) is 2. The SMILES string of the molecule is COCCCN(CCOC)CCC(O)c1ccccc1Br. The molecule has 0 saturated heterocycles. The molecule has 1 atom stereocenters. The predicted molar refractivity (Wildman–Crippen MR) is 88.5 cm³/mol. The van der Waals surface area contributed by atoms with Gasteiger partial charge in [-0.3, -0.25) is 0 Å². The summed E-state index contributed by atoms with van der Waals surface area (Å²) in [6.07, 6.45) is 1.25. The van der Waals surface area contributed by atoms with Crippen LogP contribution in [0.25, 0.3) is 0 Å². The van der Waals surface area contributed by atoms with Crippen LogP contribution in [-0.4, -0.2) is 57.1 Å². The molecule has 21 heavy (non-hydrogen) atoms. The van der Waals surface area contributed by atoms with E-state index in [1.807, 2.05) is 24.3 Å². The molecule has 0 aliphatic rings. The molecule has 0 heterocycles. The zero-order valence-corrected chi connectivity index (χ0v) is 14.5. The number of halogens is 1. The monoisotopic (exact) mass is 359 g/mol. The fraction of sp³-hybridized carbons (Fsp3) is 0.625. The number of benzene rings is 1. The molecule has 0 fully saturated rings. The number of hydrogen-bond acceptors (Lipinski definition) is 4. The van der Waals surface area contributed by atoms with Gasteiger partial charge < -0.3 is 19.5 Å². The van der Waals surface area contributed by atoms with E-state index in [9.17, 15) is 5.11 Å². The number of aliphatic hydroxyl groups excluding tert-OH is 1. The van der Waals surface area contributed by atoms with Crippen LogP contribution in [0.2, 0.25) is 0 Å². The highest BCUT2D eigenvalue weighted by Crippen LogP contribution is 2.25.